The normalized spacial score (nSPS) is 19.5. The van der Waals surface area contributed by atoms with Crippen LogP contribution in [-0.4, -0.2) is 35.2 Å². The lowest BCUT2D eigenvalue weighted by Crippen LogP contribution is -2.39. The number of rotatable bonds is 3. The molecule has 1 fully saturated rings. The fourth-order valence-corrected chi connectivity index (χ4v) is 5.88. The van der Waals surface area contributed by atoms with Crippen LogP contribution in [0.3, 0.4) is 0 Å². The highest BCUT2D eigenvalue weighted by molar-refractivity contribution is 7.89. The maximum absolute atomic E-state index is 13.1. The summed E-state index contributed by atoms with van der Waals surface area (Å²) in [6, 6.07) is 5.02. The lowest BCUT2D eigenvalue weighted by atomic mass is 9.97. The van der Waals surface area contributed by atoms with Gasteiger partial charge in [-0.05, 0) is 44.0 Å². The van der Waals surface area contributed by atoms with Crippen LogP contribution < -0.4 is 0 Å². The van der Waals surface area contributed by atoms with Gasteiger partial charge in [-0.25, -0.2) is 17.8 Å². The predicted octanol–water partition coefficient (Wildman–Crippen LogP) is 3.41. The number of hydrogen-bond acceptors (Lipinski definition) is 4. The largest absolute Gasteiger partial charge is 0.294 e. The molecule has 0 saturated carbocycles. The summed E-state index contributed by atoms with van der Waals surface area (Å²) in [6.07, 6.45) is 3.69. The van der Waals surface area contributed by atoms with Crippen molar-refractivity contribution < 1.29 is 12.8 Å². The summed E-state index contributed by atoms with van der Waals surface area (Å²) >= 11 is 1.63. The van der Waals surface area contributed by atoms with E-state index in [0.29, 0.717) is 13.1 Å². The third-order valence-corrected chi connectivity index (χ3v) is 7.45. The molecule has 25 heavy (non-hydrogen) atoms. The number of hydrogen-bond donors (Lipinski definition) is 0. The Morgan fingerprint density at radius 2 is 2.04 bits per heavy atom. The average Bonchev–Trinajstić information content (AvgIpc) is 3.20. The Kier molecular flexibility index (Phi) is 4.13. The van der Waals surface area contributed by atoms with Crippen LogP contribution in [0.4, 0.5) is 4.39 Å². The molecule has 0 N–H and O–H groups in total. The van der Waals surface area contributed by atoms with Crippen molar-refractivity contribution in [1.29, 1.82) is 0 Å². The SMILES string of the molecule is Cc1nc(C2CCCN(S(=O)(=O)c3ccc(F)cc3)C2)c2sccn12. The summed E-state index contributed by atoms with van der Waals surface area (Å²) in [5, 5.41) is 2.02. The minimum absolute atomic E-state index is 0.0753. The fourth-order valence-electron chi connectivity index (χ4n) is 3.40. The first-order chi connectivity index (χ1) is 12.0. The second kappa shape index (κ2) is 6.19. The number of aromatic nitrogens is 2. The molecule has 4 rings (SSSR count). The minimum Gasteiger partial charge on any atom is -0.294 e. The second-order valence-corrected chi connectivity index (χ2v) is 9.11. The van der Waals surface area contributed by atoms with E-state index in [1.807, 2.05) is 22.9 Å². The van der Waals surface area contributed by atoms with Crippen molar-refractivity contribution in [3.8, 4) is 0 Å². The van der Waals surface area contributed by atoms with E-state index in [1.165, 1.54) is 28.6 Å². The van der Waals surface area contributed by atoms with Gasteiger partial charge in [0.15, 0.2) is 0 Å². The van der Waals surface area contributed by atoms with Gasteiger partial charge in [-0.15, -0.1) is 11.3 Å². The molecule has 1 aliphatic rings. The molecule has 0 aliphatic carbocycles. The standard InChI is InChI=1S/C17H18FN3O2S2/c1-12-19-16(17-21(12)9-10-24-17)13-3-2-8-20(11-13)25(22,23)15-6-4-14(18)5-7-15/h4-7,9-10,13H,2-3,8,11H2,1H3. The number of aryl methyl sites for hydroxylation is 1. The van der Waals surface area contributed by atoms with Crippen LogP contribution in [0, 0.1) is 12.7 Å². The molecule has 1 atom stereocenters. The van der Waals surface area contributed by atoms with E-state index >= 15 is 0 Å². The van der Waals surface area contributed by atoms with Gasteiger partial charge in [0.05, 0.1) is 10.6 Å². The molecule has 0 amide bonds. The summed E-state index contributed by atoms with van der Waals surface area (Å²) in [4.78, 5) is 5.90. The van der Waals surface area contributed by atoms with Gasteiger partial charge >= 0.3 is 0 Å². The van der Waals surface area contributed by atoms with Crippen LogP contribution in [0.2, 0.25) is 0 Å². The number of nitrogens with zero attached hydrogens (tertiary/aromatic N) is 3. The molecule has 1 aliphatic heterocycles. The first-order valence-electron chi connectivity index (χ1n) is 8.14. The Hall–Kier alpha value is -1.77. The third-order valence-electron chi connectivity index (χ3n) is 4.68. The number of sulfonamides is 1. The Balaban J connectivity index is 1.64. The molecular weight excluding hydrogens is 361 g/mol. The predicted molar refractivity (Wildman–Crippen MR) is 94.9 cm³/mol. The summed E-state index contributed by atoms with van der Waals surface area (Å²) in [6.45, 7) is 2.85. The highest BCUT2D eigenvalue weighted by atomic mass is 32.2. The van der Waals surface area contributed by atoms with Gasteiger partial charge in [0.1, 0.15) is 16.5 Å². The van der Waals surface area contributed by atoms with Crippen molar-refractivity contribution in [2.75, 3.05) is 13.1 Å². The van der Waals surface area contributed by atoms with Crippen LogP contribution in [0.25, 0.3) is 4.83 Å². The number of thiazole rings is 1. The Morgan fingerprint density at radius 3 is 2.80 bits per heavy atom. The third kappa shape index (κ3) is 2.88. The number of piperidine rings is 1. The van der Waals surface area contributed by atoms with E-state index in [4.69, 9.17) is 0 Å². The molecular formula is C17H18FN3O2S2. The molecule has 2 aromatic heterocycles. The lowest BCUT2D eigenvalue weighted by molar-refractivity contribution is 0.314. The molecule has 1 saturated heterocycles. The van der Waals surface area contributed by atoms with Gasteiger partial charge in [-0.1, -0.05) is 0 Å². The number of halogens is 1. The molecule has 132 valence electrons. The summed E-state index contributed by atoms with van der Waals surface area (Å²) < 4.78 is 42.4. The molecule has 0 spiro atoms. The Bertz CT molecular complexity index is 1010. The molecule has 0 radical (unpaired) electrons. The number of imidazole rings is 1. The first-order valence-corrected chi connectivity index (χ1v) is 10.5. The quantitative estimate of drug-likeness (QED) is 0.701. The van der Waals surface area contributed by atoms with Crippen molar-refractivity contribution in [1.82, 2.24) is 13.7 Å². The van der Waals surface area contributed by atoms with Crippen LogP contribution in [0.1, 0.15) is 30.3 Å². The van der Waals surface area contributed by atoms with Gasteiger partial charge < -0.3 is 0 Å². The van der Waals surface area contributed by atoms with Crippen molar-refractivity contribution in [2.24, 2.45) is 0 Å². The van der Waals surface area contributed by atoms with Crippen molar-refractivity contribution in [3.05, 3.63) is 53.2 Å². The van der Waals surface area contributed by atoms with E-state index in [1.54, 1.807) is 11.3 Å². The molecule has 3 aromatic rings. The summed E-state index contributed by atoms with van der Waals surface area (Å²) in [5.41, 5.74) is 0.978. The van der Waals surface area contributed by atoms with Crippen molar-refractivity contribution in [3.63, 3.8) is 0 Å². The van der Waals surface area contributed by atoms with Crippen molar-refractivity contribution >= 4 is 26.2 Å². The molecule has 3 heterocycles. The fraction of sp³-hybridized carbons (Fsp3) is 0.353. The number of benzene rings is 1. The van der Waals surface area contributed by atoms with Gasteiger partial charge in [0.25, 0.3) is 0 Å². The van der Waals surface area contributed by atoms with E-state index in [-0.39, 0.29) is 10.8 Å². The van der Waals surface area contributed by atoms with Crippen molar-refractivity contribution in [2.45, 2.75) is 30.6 Å². The molecule has 1 aromatic carbocycles. The maximum Gasteiger partial charge on any atom is 0.243 e. The van der Waals surface area contributed by atoms with E-state index in [0.717, 1.165) is 29.2 Å². The maximum atomic E-state index is 13.1. The Labute approximate surface area is 149 Å². The zero-order valence-corrected chi connectivity index (χ0v) is 15.4. The highest BCUT2D eigenvalue weighted by Crippen LogP contribution is 2.33. The lowest BCUT2D eigenvalue weighted by Gasteiger charge is -2.31. The molecule has 0 bridgehead atoms. The smallest absolute Gasteiger partial charge is 0.243 e. The van der Waals surface area contributed by atoms with Gasteiger partial charge in [0.2, 0.25) is 10.0 Å². The average molecular weight is 379 g/mol. The van der Waals surface area contributed by atoms with E-state index in [9.17, 15) is 12.8 Å². The topological polar surface area (TPSA) is 54.7 Å². The second-order valence-electron chi connectivity index (χ2n) is 6.28. The monoisotopic (exact) mass is 379 g/mol. The molecule has 1 unspecified atom stereocenters. The van der Waals surface area contributed by atoms with Crippen LogP contribution >= 0.6 is 11.3 Å². The van der Waals surface area contributed by atoms with Gasteiger partial charge in [-0.2, -0.15) is 4.31 Å². The van der Waals surface area contributed by atoms with Gasteiger partial charge in [-0.3, -0.25) is 4.40 Å². The summed E-state index contributed by atoms with van der Waals surface area (Å²) in [5.74, 6) is 0.556. The van der Waals surface area contributed by atoms with E-state index in [2.05, 4.69) is 4.98 Å². The van der Waals surface area contributed by atoms with Crippen LogP contribution in [0.15, 0.2) is 40.7 Å². The summed E-state index contributed by atoms with van der Waals surface area (Å²) in [7, 11) is -3.62. The van der Waals surface area contributed by atoms with E-state index < -0.39 is 15.8 Å². The number of fused-ring (bicyclic) bond motifs is 1. The van der Waals surface area contributed by atoms with Crippen LogP contribution in [-0.2, 0) is 10.0 Å². The molecule has 8 heteroatoms. The molecule has 5 nitrogen and oxygen atoms in total. The van der Waals surface area contributed by atoms with Crippen LogP contribution in [0.5, 0.6) is 0 Å². The zero-order valence-electron chi connectivity index (χ0n) is 13.7. The van der Waals surface area contributed by atoms with Gasteiger partial charge in [0, 0.05) is 30.6 Å². The highest BCUT2D eigenvalue weighted by Gasteiger charge is 2.33. The first kappa shape index (κ1) is 16.7. The Morgan fingerprint density at radius 1 is 1.28 bits per heavy atom. The zero-order chi connectivity index (χ0) is 17.6. The minimum atomic E-state index is -3.62.